The third-order valence-corrected chi connectivity index (χ3v) is 4.44. The Kier molecular flexibility index (Phi) is 2.27. The molecule has 0 amide bonds. The minimum absolute atomic E-state index is 0.591. The van der Waals surface area contributed by atoms with Crippen LogP contribution >= 0.6 is 0 Å². The fourth-order valence-corrected chi connectivity index (χ4v) is 3.36. The molecule has 1 aliphatic carbocycles. The summed E-state index contributed by atoms with van der Waals surface area (Å²) in [5, 5.41) is 5.98. The SMILES string of the molecule is COC1(C=O)CC=c2ccc3cccc4ccc1c2c43. The summed E-state index contributed by atoms with van der Waals surface area (Å²) in [5.74, 6) is 0. The maximum atomic E-state index is 11.6. The fourth-order valence-electron chi connectivity index (χ4n) is 3.36. The first kappa shape index (κ1) is 11.6. The van der Waals surface area contributed by atoms with Crippen molar-refractivity contribution in [1.29, 1.82) is 0 Å². The van der Waals surface area contributed by atoms with E-state index in [1.165, 1.54) is 21.4 Å². The largest absolute Gasteiger partial charge is 0.366 e. The Morgan fingerprint density at radius 1 is 1.05 bits per heavy atom. The number of benzene rings is 3. The van der Waals surface area contributed by atoms with Crippen molar-refractivity contribution in [1.82, 2.24) is 0 Å². The number of carbonyl (C=O) groups is 1. The van der Waals surface area contributed by atoms with Crippen LogP contribution in [0.25, 0.3) is 27.6 Å². The van der Waals surface area contributed by atoms with E-state index in [0.717, 1.165) is 17.2 Å². The Hall–Kier alpha value is -2.19. The molecule has 0 spiro atoms. The highest BCUT2D eigenvalue weighted by Crippen LogP contribution is 2.37. The van der Waals surface area contributed by atoms with Crippen LogP contribution < -0.4 is 5.22 Å². The van der Waals surface area contributed by atoms with Crippen LogP contribution in [0.4, 0.5) is 0 Å². The molecule has 0 saturated heterocycles. The van der Waals surface area contributed by atoms with Crippen molar-refractivity contribution in [3.8, 4) is 0 Å². The smallest absolute Gasteiger partial charge is 0.156 e. The van der Waals surface area contributed by atoms with Crippen molar-refractivity contribution in [2.24, 2.45) is 0 Å². The van der Waals surface area contributed by atoms with Gasteiger partial charge in [-0.15, -0.1) is 0 Å². The average molecular weight is 262 g/mol. The van der Waals surface area contributed by atoms with Gasteiger partial charge in [-0.25, -0.2) is 0 Å². The lowest BCUT2D eigenvalue weighted by Crippen LogP contribution is -2.34. The van der Waals surface area contributed by atoms with E-state index in [4.69, 9.17) is 4.74 Å². The Labute approximate surface area is 116 Å². The molecule has 0 N–H and O–H groups in total. The highest BCUT2D eigenvalue weighted by molar-refractivity contribution is 6.12. The lowest BCUT2D eigenvalue weighted by molar-refractivity contribution is -0.128. The van der Waals surface area contributed by atoms with Crippen LogP contribution in [0.15, 0.2) is 42.5 Å². The summed E-state index contributed by atoms with van der Waals surface area (Å²) in [6, 6.07) is 14.7. The molecule has 0 radical (unpaired) electrons. The van der Waals surface area contributed by atoms with Gasteiger partial charge in [-0.1, -0.05) is 48.5 Å². The van der Waals surface area contributed by atoms with Crippen LogP contribution in [0, 0.1) is 0 Å². The summed E-state index contributed by atoms with van der Waals surface area (Å²) in [6.45, 7) is 0. The van der Waals surface area contributed by atoms with Crippen LogP contribution in [-0.2, 0) is 15.1 Å². The van der Waals surface area contributed by atoms with Crippen LogP contribution in [0.1, 0.15) is 12.0 Å². The van der Waals surface area contributed by atoms with E-state index in [0.29, 0.717) is 6.42 Å². The van der Waals surface area contributed by atoms with Crippen LogP contribution in [0.5, 0.6) is 0 Å². The monoisotopic (exact) mass is 262 g/mol. The summed E-state index contributed by atoms with van der Waals surface area (Å²) in [4.78, 5) is 11.6. The van der Waals surface area contributed by atoms with E-state index in [1.54, 1.807) is 7.11 Å². The molecule has 2 heteroatoms. The van der Waals surface area contributed by atoms with E-state index in [1.807, 2.05) is 6.07 Å². The van der Waals surface area contributed by atoms with E-state index < -0.39 is 5.60 Å². The lowest BCUT2D eigenvalue weighted by Gasteiger charge is -2.30. The van der Waals surface area contributed by atoms with Crippen molar-refractivity contribution in [2.45, 2.75) is 12.0 Å². The normalized spacial score (nSPS) is 21.1. The predicted octanol–water partition coefficient (Wildman–Crippen LogP) is 2.94. The topological polar surface area (TPSA) is 26.3 Å². The highest BCUT2D eigenvalue weighted by atomic mass is 16.5. The number of aldehydes is 1. The zero-order valence-corrected chi connectivity index (χ0v) is 11.2. The molecule has 0 fully saturated rings. The van der Waals surface area contributed by atoms with Gasteiger partial charge in [0, 0.05) is 13.5 Å². The van der Waals surface area contributed by atoms with Gasteiger partial charge in [0.1, 0.15) is 0 Å². The molecule has 4 rings (SSSR count). The number of carbonyl (C=O) groups excluding carboxylic acids is 1. The van der Waals surface area contributed by atoms with Gasteiger partial charge in [0.2, 0.25) is 0 Å². The number of methoxy groups -OCH3 is 1. The predicted molar refractivity (Wildman–Crippen MR) is 80.5 cm³/mol. The molecular formula is C18H14O2. The molecule has 0 aliphatic heterocycles. The molecular weight excluding hydrogens is 248 g/mol. The molecule has 0 aromatic heterocycles. The molecule has 1 unspecified atom stereocenters. The summed E-state index contributed by atoms with van der Waals surface area (Å²) in [7, 11) is 1.61. The van der Waals surface area contributed by atoms with Crippen molar-refractivity contribution in [2.75, 3.05) is 7.11 Å². The second kappa shape index (κ2) is 3.90. The van der Waals surface area contributed by atoms with Gasteiger partial charge < -0.3 is 4.74 Å². The van der Waals surface area contributed by atoms with E-state index in [9.17, 15) is 4.79 Å². The second-order valence-corrected chi connectivity index (χ2v) is 5.34. The molecule has 0 saturated carbocycles. The van der Waals surface area contributed by atoms with Gasteiger partial charge in [-0.05, 0) is 32.3 Å². The molecule has 1 aliphatic rings. The van der Waals surface area contributed by atoms with Gasteiger partial charge >= 0.3 is 0 Å². The average Bonchev–Trinajstić information content (AvgIpc) is 2.52. The minimum Gasteiger partial charge on any atom is -0.366 e. The summed E-state index contributed by atoms with van der Waals surface area (Å²) in [5.41, 5.74) is 0.141. The van der Waals surface area contributed by atoms with Crippen molar-refractivity contribution >= 4 is 33.9 Å². The standard InChI is InChI=1S/C18H14O2/c1-20-18(11-19)10-9-14-6-5-12-3-2-4-13-7-8-15(18)17(14)16(12)13/h2-9,11H,10H2,1H3. The first-order chi connectivity index (χ1) is 9.79. The maximum Gasteiger partial charge on any atom is 0.156 e. The van der Waals surface area contributed by atoms with Gasteiger partial charge in [-0.2, -0.15) is 0 Å². The second-order valence-electron chi connectivity index (χ2n) is 5.34. The van der Waals surface area contributed by atoms with Crippen LogP contribution in [0.3, 0.4) is 0 Å². The Bertz CT molecular complexity index is 879. The minimum atomic E-state index is -0.842. The molecule has 1 atom stereocenters. The first-order valence-corrected chi connectivity index (χ1v) is 6.75. The van der Waals surface area contributed by atoms with E-state index in [-0.39, 0.29) is 0 Å². The van der Waals surface area contributed by atoms with Crippen molar-refractivity contribution < 1.29 is 9.53 Å². The number of ether oxygens (including phenoxy) is 1. The molecule has 0 heterocycles. The summed E-state index contributed by atoms with van der Waals surface area (Å²) < 4.78 is 5.58. The third-order valence-electron chi connectivity index (χ3n) is 4.44. The lowest BCUT2D eigenvalue weighted by atomic mass is 9.81. The number of hydrogen-bond donors (Lipinski definition) is 0. The molecule has 20 heavy (non-hydrogen) atoms. The zero-order valence-electron chi connectivity index (χ0n) is 11.2. The summed E-state index contributed by atoms with van der Waals surface area (Å²) in [6.07, 6.45) is 3.62. The molecule has 3 aromatic carbocycles. The van der Waals surface area contributed by atoms with Gasteiger partial charge in [0.05, 0.1) is 0 Å². The Balaban J connectivity index is 2.28. The number of hydrogen-bond acceptors (Lipinski definition) is 2. The Morgan fingerprint density at radius 3 is 2.50 bits per heavy atom. The third kappa shape index (κ3) is 1.29. The fraction of sp³-hybridized carbons (Fsp3) is 0.167. The van der Waals surface area contributed by atoms with Crippen molar-refractivity contribution in [3.63, 3.8) is 0 Å². The maximum absolute atomic E-state index is 11.6. The Morgan fingerprint density at radius 2 is 1.80 bits per heavy atom. The molecule has 3 aromatic rings. The first-order valence-electron chi connectivity index (χ1n) is 6.75. The quantitative estimate of drug-likeness (QED) is 0.664. The van der Waals surface area contributed by atoms with E-state index >= 15 is 0 Å². The molecule has 2 nitrogen and oxygen atoms in total. The highest BCUT2D eigenvalue weighted by Gasteiger charge is 2.35. The summed E-state index contributed by atoms with van der Waals surface area (Å²) >= 11 is 0. The van der Waals surface area contributed by atoms with Gasteiger partial charge in [0.25, 0.3) is 0 Å². The van der Waals surface area contributed by atoms with Gasteiger partial charge in [-0.3, -0.25) is 4.79 Å². The molecule has 0 bridgehead atoms. The van der Waals surface area contributed by atoms with E-state index in [2.05, 4.69) is 42.5 Å². The molecule has 98 valence electrons. The van der Waals surface area contributed by atoms with Crippen molar-refractivity contribution in [3.05, 3.63) is 53.2 Å². The van der Waals surface area contributed by atoms with Crippen LogP contribution in [0.2, 0.25) is 0 Å². The van der Waals surface area contributed by atoms with Crippen LogP contribution in [-0.4, -0.2) is 13.4 Å². The van der Waals surface area contributed by atoms with Gasteiger partial charge in [0.15, 0.2) is 11.9 Å². The number of rotatable bonds is 2. The zero-order chi connectivity index (χ0) is 13.7.